The molecule has 1 saturated heterocycles. The first-order valence-electron chi connectivity index (χ1n) is 7.15. The highest BCUT2D eigenvalue weighted by Crippen LogP contribution is 2.21. The third-order valence-corrected chi connectivity index (χ3v) is 3.77. The van der Waals surface area contributed by atoms with Crippen LogP contribution in [0.4, 0.5) is 0 Å². The van der Waals surface area contributed by atoms with Gasteiger partial charge in [-0.05, 0) is 45.4 Å². The molecule has 1 fully saturated rings. The predicted molar refractivity (Wildman–Crippen MR) is 80.1 cm³/mol. The van der Waals surface area contributed by atoms with E-state index in [1.165, 1.54) is 0 Å². The molecule has 2 rings (SSSR count). The Balaban J connectivity index is 2.10. The second kappa shape index (κ2) is 5.76. The Morgan fingerprint density at radius 1 is 1.43 bits per heavy atom. The molecular weight excluding hydrogens is 268 g/mol. The minimum absolute atomic E-state index is 0.134. The lowest BCUT2D eigenvalue weighted by Crippen LogP contribution is -2.65. The zero-order valence-electron chi connectivity index (χ0n) is 13.0. The molecule has 5 heteroatoms. The van der Waals surface area contributed by atoms with E-state index in [-0.39, 0.29) is 11.8 Å². The Labute approximate surface area is 125 Å². The highest BCUT2D eigenvalue weighted by atomic mass is 16.5. The van der Waals surface area contributed by atoms with Crippen LogP contribution in [0.2, 0.25) is 0 Å². The van der Waals surface area contributed by atoms with Gasteiger partial charge in [-0.25, -0.2) is 0 Å². The minimum atomic E-state index is -0.848. The number of carbonyl (C=O) groups excluding carboxylic acids is 2. The van der Waals surface area contributed by atoms with Gasteiger partial charge < -0.3 is 15.0 Å². The number of nitrogens with one attached hydrogen (secondary N) is 1. The van der Waals surface area contributed by atoms with Crippen molar-refractivity contribution in [3.63, 3.8) is 0 Å². The minimum Gasteiger partial charge on any atom is -0.481 e. The highest BCUT2D eigenvalue weighted by Gasteiger charge is 2.42. The molecule has 1 atom stereocenters. The molecule has 0 saturated carbocycles. The van der Waals surface area contributed by atoms with Crippen LogP contribution >= 0.6 is 0 Å². The van der Waals surface area contributed by atoms with Crippen LogP contribution in [0.25, 0.3) is 0 Å². The van der Waals surface area contributed by atoms with Crippen molar-refractivity contribution in [2.24, 2.45) is 0 Å². The summed E-state index contributed by atoms with van der Waals surface area (Å²) >= 11 is 0. The van der Waals surface area contributed by atoms with E-state index in [2.05, 4.69) is 5.32 Å². The molecule has 1 aromatic carbocycles. The average Bonchev–Trinajstić information content (AvgIpc) is 2.41. The summed E-state index contributed by atoms with van der Waals surface area (Å²) in [4.78, 5) is 26.1. The molecule has 1 N–H and O–H groups in total. The molecule has 21 heavy (non-hydrogen) atoms. The van der Waals surface area contributed by atoms with Gasteiger partial charge in [0.15, 0.2) is 6.10 Å². The van der Waals surface area contributed by atoms with Crippen LogP contribution in [0, 0.1) is 6.92 Å². The number of amides is 2. The smallest absolute Gasteiger partial charge is 0.264 e. The maximum absolute atomic E-state index is 12.6. The van der Waals surface area contributed by atoms with Crippen LogP contribution in [0.5, 0.6) is 5.75 Å². The fourth-order valence-corrected chi connectivity index (χ4v) is 2.45. The van der Waals surface area contributed by atoms with E-state index in [4.69, 9.17) is 4.74 Å². The molecular formula is C16H22N2O3. The van der Waals surface area contributed by atoms with E-state index in [0.29, 0.717) is 18.8 Å². The van der Waals surface area contributed by atoms with Gasteiger partial charge in [0.2, 0.25) is 5.91 Å². The normalized spacial score (nSPS) is 18.9. The summed E-state index contributed by atoms with van der Waals surface area (Å²) in [7, 11) is 0. The summed E-state index contributed by atoms with van der Waals surface area (Å²) in [6.45, 7) is 8.16. The van der Waals surface area contributed by atoms with Crippen molar-refractivity contribution in [3.8, 4) is 5.75 Å². The summed E-state index contributed by atoms with van der Waals surface area (Å²) in [6.07, 6.45) is -0.628. The van der Waals surface area contributed by atoms with Crippen LogP contribution in [-0.4, -0.2) is 41.4 Å². The second-order valence-electron chi connectivity index (χ2n) is 5.88. The van der Waals surface area contributed by atoms with Gasteiger partial charge in [-0.2, -0.15) is 0 Å². The Morgan fingerprint density at radius 3 is 2.81 bits per heavy atom. The molecule has 0 aliphatic carbocycles. The van der Waals surface area contributed by atoms with Gasteiger partial charge in [-0.1, -0.05) is 12.1 Å². The number of rotatable bonds is 3. The number of nitrogens with zero attached hydrogens (tertiary/aromatic N) is 1. The first-order valence-corrected chi connectivity index (χ1v) is 7.15. The number of hydrogen-bond acceptors (Lipinski definition) is 3. The van der Waals surface area contributed by atoms with Gasteiger partial charge in [-0.15, -0.1) is 0 Å². The fourth-order valence-electron chi connectivity index (χ4n) is 2.45. The van der Waals surface area contributed by atoms with Crippen LogP contribution in [0.3, 0.4) is 0 Å². The lowest BCUT2D eigenvalue weighted by molar-refractivity contribution is -0.153. The van der Waals surface area contributed by atoms with Crippen LogP contribution in [0.15, 0.2) is 24.3 Å². The van der Waals surface area contributed by atoms with E-state index >= 15 is 0 Å². The van der Waals surface area contributed by atoms with Gasteiger partial charge in [0.05, 0.1) is 0 Å². The standard InChI is InChI=1S/C16H22N2O3/c1-11-6-5-7-13(10-11)21-12(2)14(19)18-9-8-17-15(20)16(18,3)4/h5-7,10,12H,8-9H2,1-4H3,(H,17,20). The van der Waals surface area contributed by atoms with Crippen molar-refractivity contribution >= 4 is 11.8 Å². The zero-order valence-corrected chi connectivity index (χ0v) is 13.0. The third kappa shape index (κ3) is 3.17. The van der Waals surface area contributed by atoms with Crippen molar-refractivity contribution in [3.05, 3.63) is 29.8 Å². The zero-order chi connectivity index (χ0) is 15.6. The molecule has 2 amide bonds. The number of ether oxygens (including phenoxy) is 1. The van der Waals surface area contributed by atoms with E-state index < -0.39 is 11.6 Å². The maximum Gasteiger partial charge on any atom is 0.264 e. The topological polar surface area (TPSA) is 58.6 Å². The molecule has 1 unspecified atom stereocenters. The summed E-state index contributed by atoms with van der Waals surface area (Å²) < 4.78 is 5.72. The van der Waals surface area contributed by atoms with Gasteiger partial charge in [0.25, 0.3) is 5.91 Å². The number of hydrogen-bond donors (Lipinski definition) is 1. The van der Waals surface area contributed by atoms with Crippen molar-refractivity contribution < 1.29 is 14.3 Å². The molecule has 1 heterocycles. The summed E-state index contributed by atoms with van der Waals surface area (Å²) in [6, 6.07) is 7.57. The van der Waals surface area contributed by atoms with Crippen molar-refractivity contribution in [1.82, 2.24) is 10.2 Å². The van der Waals surface area contributed by atoms with E-state index in [9.17, 15) is 9.59 Å². The number of piperazine rings is 1. The van der Waals surface area contributed by atoms with E-state index in [1.807, 2.05) is 31.2 Å². The molecule has 0 bridgehead atoms. The Hall–Kier alpha value is -2.04. The number of benzene rings is 1. The molecule has 0 radical (unpaired) electrons. The molecule has 0 aromatic heterocycles. The third-order valence-electron chi connectivity index (χ3n) is 3.77. The Kier molecular flexibility index (Phi) is 4.21. The largest absolute Gasteiger partial charge is 0.481 e. The van der Waals surface area contributed by atoms with Gasteiger partial charge in [-0.3, -0.25) is 9.59 Å². The van der Waals surface area contributed by atoms with E-state index in [1.54, 1.807) is 25.7 Å². The summed E-state index contributed by atoms with van der Waals surface area (Å²) in [5.41, 5.74) is 0.226. The lowest BCUT2D eigenvalue weighted by atomic mass is 9.98. The van der Waals surface area contributed by atoms with Crippen LogP contribution < -0.4 is 10.1 Å². The molecule has 1 aliphatic heterocycles. The monoisotopic (exact) mass is 290 g/mol. The molecule has 1 aromatic rings. The molecule has 1 aliphatic rings. The first kappa shape index (κ1) is 15.4. The highest BCUT2D eigenvalue weighted by molar-refractivity contribution is 5.93. The SMILES string of the molecule is Cc1cccc(OC(C)C(=O)N2CCNC(=O)C2(C)C)c1. The van der Waals surface area contributed by atoms with Crippen molar-refractivity contribution in [2.45, 2.75) is 39.3 Å². The maximum atomic E-state index is 12.6. The fraction of sp³-hybridized carbons (Fsp3) is 0.500. The lowest BCUT2D eigenvalue weighted by Gasteiger charge is -2.42. The van der Waals surface area contributed by atoms with Crippen molar-refractivity contribution in [2.75, 3.05) is 13.1 Å². The molecule has 5 nitrogen and oxygen atoms in total. The quantitative estimate of drug-likeness (QED) is 0.918. The van der Waals surface area contributed by atoms with Crippen LogP contribution in [-0.2, 0) is 9.59 Å². The average molecular weight is 290 g/mol. The number of aryl methyl sites for hydroxylation is 1. The predicted octanol–water partition coefficient (Wildman–Crippen LogP) is 1.50. The Bertz CT molecular complexity index is 554. The van der Waals surface area contributed by atoms with Gasteiger partial charge >= 0.3 is 0 Å². The van der Waals surface area contributed by atoms with Crippen molar-refractivity contribution in [1.29, 1.82) is 0 Å². The Morgan fingerprint density at radius 2 is 2.14 bits per heavy atom. The molecule has 114 valence electrons. The molecule has 0 spiro atoms. The first-order chi connectivity index (χ1) is 9.82. The van der Waals surface area contributed by atoms with E-state index in [0.717, 1.165) is 5.56 Å². The summed E-state index contributed by atoms with van der Waals surface area (Å²) in [5.74, 6) is 0.358. The summed E-state index contributed by atoms with van der Waals surface area (Å²) in [5, 5.41) is 2.78. The van der Waals surface area contributed by atoms with Gasteiger partial charge in [0, 0.05) is 13.1 Å². The van der Waals surface area contributed by atoms with Crippen LogP contribution in [0.1, 0.15) is 26.3 Å². The number of carbonyl (C=O) groups is 2. The second-order valence-corrected chi connectivity index (χ2v) is 5.88. The van der Waals surface area contributed by atoms with Gasteiger partial charge in [0.1, 0.15) is 11.3 Å².